The van der Waals surface area contributed by atoms with Crippen LogP contribution in [0.5, 0.6) is 0 Å². The van der Waals surface area contributed by atoms with Gasteiger partial charge in [0.15, 0.2) is 5.82 Å². The molecule has 0 fully saturated rings. The van der Waals surface area contributed by atoms with Gasteiger partial charge < -0.3 is 0 Å². The van der Waals surface area contributed by atoms with Gasteiger partial charge in [0.25, 0.3) is 0 Å². The van der Waals surface area contributed by atoms with Gasteiger partial charge in [-0.1, -0.05) is 51.1 Å². The second-order valence-corrected chi connectivity index (χ2v) is 8.16. The standard InChI is InChI=1S/C22H25N5/c1-22(2,3)21-25-13-18-15-27(10-9-19(18)26-21)14-16-11-23-20(24-12-16)17-7-5-4-6-8-17/h4-8,11-13H,9-10,14-15H2,1-3H3. The van der Waals surface area contributed by atoms with Crippen molar-refractivity contribution >= 4 is 0 Å². The summed E-state index contributed by atoms with van der Waals surface area (Å²) < 4.78 is 0. The Morgan fingerprint density at radius 2 is 1.70 bits per heavy atom. The Labute approximate surface area is 160 Å². The van der Waals surface area contributed by atoms with Crippen molar-refractivity contribution in [2.45, 2.75) is 45.7 Å². The van der Waals surface area contributed by atoms with E-state index in [0.29, 0.717) is 0 Å². The molecule has 0 atom stereocenters. The molecule has 27 heavy (non-hydrogen) atoms. The van der Waals surface area contributed by atoms with Gasteiger partial charge in [-0.2, -0.15) is 0 Å². The first-order chi connectivity index (χ1) is 13.0. The number of rotatable bonds is 3. The summed E-state index contributed by atoms with van der Waals surface area (Å²) in [6, 6.07) is 10.1. The Morgan fingerprint density at radius 3 is 2.41 bits per heavy atom. The van der Waals surface area contributed by atoms with E-state index in [1.54, 1.807) is 0 Å². The van der Waals surface area contributed by atoms with Crippen LogP contribution in [-0.2, 0) is 24.9 Å². The quantitative estimate of drug-likeness (QED) is 0.712. The van der Waals surface area contributed by atoms with Crippen molar-refractivity contribution < 1.29 is 0 Å². The molecule has 5 heteroatoms. The van der Waals surface area contributed by atoms with Crippen LogP contribution in [0.3, 0.4) is 0 Å². The smallest absolute Gasteiger partial charge is 0.159 e. The van der Waals surface area contributed by atoms with Crippen molar-refractivity contribution in [3.05, 3.63) is 71.6 Å². The summed E-state index contributed by atoms with van der Waals surface area (Å²) in [4.78, 5) is 20.9. The average molecular weight is 359 g/mol. The molecule has 0 spiro atoms. The number of nitrogens with zero attached hydrogens (tertiary/aromatic N) is 5. The second kappa shape index (κ2) is 7.16. The zero-order valence-corrected chi connectivity index (χ0v) is 16.2. The maximum atomic E-state index is 4.81. The summed E-state index contributed by atoms with van der Waals surface area (Å²) in [5, 5.41) is 0. The summed E-state index contributed by atoms with van der Waals surface area (Å²) >= 11 is 0. The molecule has 3 heterocycles. The number of hydrogen-bond acceptors (Lipinski definition) is 5. The van der Waals surface area contributed by atoms with Crippen LogP contribution in [0.15, 0.2) is 48.9 Å². The van der Waals surface area contributed by atoms with E-state index in [-0.39, 0.29) is 5.41 Å². The fraction of sp³-hybridized carbons (Fsp3) is 0.364. The van der Waals surface area contributed by atoms with E-state index in [2.05, 4.69) is 40.6 Å². The van der Waals surface area contributed by atoms with Crippen LogP contribution in [0, 0.1) is 0 Å². The fourth-order valence-corrected chi connectivity index (χ4v) is 3.30. The van der Waals surface area contributed by atoms with Crippen molar-refractivity contribution in [3.8, 4) is 11.4 Å². The summed E-state index contributed by atoms with van der Waals surface area (Å²) in [6.45, 7) is 9.18. The molecule has 1 aliphatic heterocycles. The molecule has 138 valence electrons. The lowest BCUT2D eigenvalue weighted by molar-refractivity contribution is 0.241. The van der Waals surface area contributed by atoms with Crippen LogP contribution in [0.25, 0.3) is 11.4 Å². The molecule has 1 aliphatic rings. The highest BCUT2D eigenvalue weighted by Gasteiger charge is 2.23. The summed E-state index contributed by atoms with van der Waals surface area (Å²) in [5.74, 6) is 1.70. The number of aromatic nitrogens is 4. The Kier molecular flexibility index (Phi) is 4.70. The summed E-state index contributed by atoms with van der Waals surface area (Å²) in [6.07, 6.45) is 6.84. The van der Waals surface area contributed by atoms with E-state index in [0.717, 1.165) is 48.8 Å². The Morgan fingerprint density at radius 1 is 0.963 bits per heavy atom. The monoisotopic (exact) mass is 359 g/mol. The van der Waals surface area contributed by atoms with Gasteiger partial charge in [-0.15, -0.1) is 0 Å². The van der Waals surface area contributed by atoms with Crippen LogP contribution in [-0.4, -0.2) is 31.4 Å². The van der Waals surface area contributed by atoms with Gasteiger partial charge in [-0.05, 0) is 0 Å². The van der Waals surface area contributed by atoms with Crippen LogP contribution < -0.4 is 0 Å². The van der Waals surface area contributed by atoms with Crippen LogP contribution >= 0.6 is 0 Å². The van der Waals surface area contributed by atoms with E-state index in [1.165, 1.54) is 11.3 Å². The van der Waals surface area contributed by atoms with Gasteiger partial charge in [-0.25, -0.2) is 19.9 Å². The predicted molar refractivity (Wildman–Crippen MR) is 106 cm³/mol. The molecule has 0 aliphatic carbocycles. The predicted octanol–water partition coefficient (Wildman–Crippen LogP) is 3.79. The molecule has 3 aromatic rings. The molecule has 0 radical (unpaired) electrons. The first-order valence-corrected chi connectivity index (χ1v) is 9.43. The van der Waals surface area contributed by atoms with Gasteiger partial charge in [0, 0.05) is 72.4 Å². The third-order valence-electron chi connectivity index (χ3n) is 4.83. The average Bonchev–Trinajstić information content (AvgIpc) is 2.68. The minimum atomic E-state index is -0.00992. The molecule has 1 aromatic carbocycles. The third kappa shape index (κ3) is 4.03. The second-order valence-electron chi connectivity index (χ2n) is 8.16. The third-order valence-corrected chi connectivity index (χ3v) is 4.83. The lowest BCUT2D eigenvalue weighted by atomic mass is 9.95. The SMILES string of the molecule is CC(C)(C)c1ncc2c(n1)CCN(Cc1cnc(-c3ccccc3)nc1)C2. The lowest BCUT2D eigenvalue weighted by Gasteiger charge is -2.29. The minimum Gasteiger partial charge on any atom is -0.294 e. The first-order valence-electron chi connectivity index (χ1n) is 9.43. The van der Waals surface area contributed by atoms with Gasteiger partial charge in [0.1, 0.15) is 5.82 Å². The molecule has 0 unspecified atom stereocenters. The first kappa shape index (κ1) is 17.7. The number of hydrogen-bond donors (Lipinski definition) is 0. The van der Waals surface area contributed by atoms with Crippen molar-refractivity contribution in [2.75, 3.05) is 6.54 Å². The highest BCUT2D eigenvalue weighted by atomic mass is 15.1. The maximum Gasteiger partial charge on any atom is 0.159 e. The number of benzene rings is 1. The van der Waals surface area contributed by atoms with Gasteiger partial charge in [0.05, 0.1) is 0 Å². The van der Waals surface area contributed by atoms with Crippen LogP contribution in [0.4, 0.5) is 0 Å². The van der Waals surface area contributed by atoms with E-state index < -0.39 is 0 Å². The van der Waals surface area contributed by atoms with Gasteiger partial charge in [-0.3, -0.25) is 4.90 Å². The highest BCUT2D eigenvalue weighted by Crippen LogP contribution is 2.23. The molecule has 0 saturated heterocycles. The van der Waals surface area contributed by atoms with Gasteiger partial charge in [0.2, 0.25) is 0 Å². The normalized spacial score (nSPS) is 14.8. The zero-order valence-electron chi connectivity index (χ0n) is 16.2. The van der Waals surface area contributed by atoms with Crippen LogP contribution in [0.1, 0.15) is 43.4 Å². The van der Waals surface area contributed by atoms with Crippen molar-refractivity contribution in [2.24, 2.45) is 0 Å². The molecular weight excluding hydrogens is 334 g/mol. The van der Waals surface area contributed by atoms with Crippen molar-refractivity contribution in [1.29, 1.82) is 0 Å². The Balaban J connectivity index is 1.44. The minimum absolute atomic E-state index is 0.00992. The molecule has 0 saturated carbocycles. The largest absolute Gasteiger partial charge is 0.294 e. The Bertz CT molecular complexity index is 914. The van der Waals surface area contributed by atoms with Crippen molar-refractivity contribution in [1.82, 2.24) is 24.8 Å². The molecular formula is C22H25N5. The van der Waals surface area contributed by atoms with Gasteiger partial charge >= 0.3 is 0 Å². The Hall–Kier alpha value is -2.66. The molecule has 0 N–H and O–H groups in total. The molecule has 4 rings (SSSR count). The molecule has 0 bridgehead atoms. The maximum absolute atomic E-state index is 4.81. The topological polar surface area (TPSA) is 54.8 Å². The van der Waals surface area contributed by atoms with E-state index in [1.807, 2.05) is 48.9 Å². The summed E-state index contributed by atoms with van der Waals surface area (Å²) in [5.41, 5.74) is 4.59. The lowest BCUT2D eigenvalue weighted by Crippen LogP contribution is -2.32. The molecule has 0 amide bonds. The molecule has 5 nitrogen and oxygen atoms in total. The fourth-order valence-electron chi connectivity index (χ4n) is 3.30. The van der Waals surface area contributed by atoms with E-state index >= 15 is 0 Å². The summed E-state index contributed by atoms with van der Waals surface area (Å²) in [7, 11) is 0. The van der Waals surface area contributed by atoms with Crippen LogP contribution in [0.2, 0.25) is 0 Å². The zero-order chi connectivity index (χ0) is 18.9. The van der Waals surface area contributed by atoms with E-state index in [9.17, 15) is 0 Å². The molecule has 2 aromatic heterocycles. The highest BCUT2D eigenvalue weighted by molar-refractivity contribution is 5.53. The van der Waals surface area contributed by atoms with E-state index in [4.69, 9.17) is 4.98 Å². The number of fused-ring (bicyclic) bond motifs is 1. The van der Waals surface area contributed by atoms with Crippen molar-refractivity contribution in [3.63, 3.8) is 0 Å².